The zero-order valence-corrected chi connectivity index (χ0v) is 4.99. The first kappa shape index (κ1) is 3.45. The third kappa shape index (κ3) is 0.183. The second-order valence-electron chi connectivity index (χ2n) is 3.51. The summed E-state index contributed by atoms with van der Waals surface area (Å²) in [6.07, 6.45) is 2.24. The van der Waals surface area contributed by atoms with Crippen molar-refractivity contribution < 1.29 is 0 Å². The smallest absolute Gasteiger partial charge is 0.0410 e. The van der Waals surface area contributed by atoms with E-state index in [1.807, 2.05) is 0 Å². The monoisotopic (exact) mass is 117 g/mol. The molecular formula is C8H7N. The van der Waals surface area contributed by atoms with E-state index in [-0.39, 0.29) is 0 Å². The topological polar surface area (TPSA) is 4.93 Å². The van der Waals surface area contributed by atoms with E-state index in [0.717, 1.165) is 23.8 Å². The van der Waals surface area contributed by atoms with Gasteiger partial charge in [0, 0.05) is 23.9 Å². The van der Waals surface area contributed by atoms with Crippen molar-refractivity contribution in [3.63, 3.8) is 0 Å². The van der Waals surface area contributed by atoms with Gasteiger partial charge in [0.2, 0.25) is 0 Å². The van der Waals surface area contributed by atoms with E-state index in [1.165, 1.54) is 0 Å². The van der Waals surface area contributed by atoms with Crippen LogP contribution in [-0.2, 0) is 0 Å². The number of hydrogen-bond donors (Lipinski definition) is 0. The molecule has 2 unspecified atom stereocenters. The molecule has 0 spiro atoms. The molecule has 5 rings (SSSR count). The molecule has 2 saturated carbocycles. The molecule has 3 heterocycles. The third-order valence-electron chi connectivity index (χ3n) is 3.26. The molecule has 4 aliphatic rings. The average molecular weight is 117 g/mol. The van der Waals surface area contributed by atoms with Crippen molar-refractivity contribution in [1.82, 2.24) is 4.57 Å². The SMILES string of the molecule is c1cc2n(c1)C1C3C2C31. The highest BCUT2D eigenvalue weighted by molar-refractivity contribution is 5.45. The van der Waals surface area contributed by atoms with Gasteiger partial charge < -0.3 is 4.57 Å². The van der Waals surface area contributed by atoms with Gasteiger partial charge in [0.1, 0.15) is 0 Å². The molecule has 2 fully saturated rings. The minimum Gasteiger partial charge on any atom is -0.348 e. The first-order valence-corrected chi connectivity index (χ1v) is 3.65. The van der Waals surface area contributed by atoms with E-state index >= 15 is 0 Å². The Morgan fingerprint density at radius 3 is 3.00 bits per heavy atom. The van der Waals surface area contributed by atoms with Gasteiger partial charge >= 0.3 is 0 Å². The van der Waals surface area contributed by atoms with Crippen LogP contribution in [0.5, 0.6) is 0 Å². The van der Waals surface area contributed by atoms with Crippen molar-refractivity contribution in [2.45, 2.75) is 12.0 Å². The van der Waals surface area contributed by atoms with Gasteiger partial charge in [-0.05, 0) is 24.0 Å². The fraction of sp³-hybridized carbons (Fsp3) is 0.500. The van der Waals surface area contributed by atoms with Gasteiger partial charge in [-0.15, -0.1) is 0 Å². The molecule has 2 bridgehead atoms. The van der Waals surface area contributed by atoms with Crippen LogP contribution in [0.3, 0.4) is 0 Å². The Kier molecular flexibility index (Phi) is 0.268. The molecule has 0 aromatic carbocycles. The molecule has 0 saturated heterocycles. The molecule has 0 amide bonds. The van der Waals surface area contributed by atoms with Crippen molar-refractivity contribution in [2.75, 3.05) is 0 Å². The highest BCUT2D eigenvalue weighted by atomic mass is 15.2. The van der Waals surface area contributed by atoms with Crippen molar-refractivity contribution in [3.8, 4) is 0 Å². The summed E-state index contributed by atoms with van der Waals surface area (Å²) in [4.78, 5) is 0. The Balaban J connectivity index is 2.20. The van der Waals surface area contributed by atoms with Gasteiger partial charge in [-0.1, -0.05) is 0 Å². The van der Waals surface area contributed by atoms with Crippen LogP contribution in [0.25, 0.3) is 0 Å². The molecule has 1 nitrogen and oxygen atoms in total. The maximum Gasteiger partial charge on any atom is 0.0410 e. The maximum absolute atomic E-state index is 2.47. The minimum absolute atomic E-state index is 0.972. The molecule has 1 aromatic heterocycles. The summed E-state index contributed by atoms with van der Waals surface area (Å²) < 4.78 is 2.47. The Hall–Kier alpha value is -0.720. The van der Waals surface area contributed by atoms with Crippen LogP contribution in [0, 0.1) is 11.8 Å². The Morgan fingerprint density at radius 2 is 2.22 bits per heavy atom. The number of aromatic nitrogens is 1. The van der Waals surface area contributed by atoms with Gasteiger partial charge in [0.15, 0.2) is 0 Å². The van der Waals surface area contributed by atoms with E-state index in [9.17, 15) is 0 Å². The second kappa shape index (κ2) is 0.698. The van der Waals surface area contributed by atoms with Gasteiger partial charge in [0.05, 0.1) is 0 Å². The Morgan fingerprint density at radius 1 is 1.33 bits per heavy atom. The predicted octanol–water partition coefficient (Wildman–Crippen LogP) is 1.39. The van der Waals surface area contributed by atoms with Gasteiger partial charge in [-0.3, -0.25) is 0 Å². The average Bonchev–Trinajstić information content (AvgIpc) is 2.51. The van der Waals surface area contributed by atoms with Crippen molar-refractivity contribution >= 4 is 0 Å². The summed E-state index contributed by atoms with van der Waals surface area (Å²) in [7, 11) is 0. The highest BCUT2D eigenvalue weighted by Gasteiger charge is 2.79. The van der Waals surface area contributed by atoms with Crippen molar-refractivity contribution in [3.05, 3.63) is 24.0 Å². The normalized spacial score (nSPS) is 54.7. The van der Waals surface area contributed by atoms with Crippen LogP contribution < -0.4 is 0 Å². The molecule has 2 aliphatic heterocycles. The molecule has 2 atom stereocenters. The highest BCUT2D eigenvalue weighted by Crippen LogP contribution is 2.85. The third-order valence-corrected chi connectivity index (χ3v) is 3.26. The van der Waals surface area contributed by atoms with Crippen LogP contribution in [0.2, 0.25) is 0 Å². The van der Waals surface area contributed by atoms with Crippen LogP contribution >= 0.6 is 0 Å². The first-order valence-electron chi connectivity index (χ1n) is 3.65. The van der Waals surface area contributed by atoms with Gasteiger partial charge in [-0.25, -0.2) is 0 Å². The lowest BCUT2D eigenvalue weighted by Crippen LogP contribution is -1.87. The Bertz CT molecular complexity index is 263. The lowest BCUT2D eigenvalue weighted by molar-refractivity contribution is 0.653. The first-order chi connectivity index (χ1) is 4.48. The Labute approximate surface area is 53.3 Å². The summed E-state index contributed by atoms with van der Waals surface area (Å²) >= 11 is 0. The number of hydrogen-bond acceptors (Lipinski definition) is 0. The summed E-state index contributed by atoms with van der Waals surface area (Å²) in [5.74, 6) is 3.24. The molecule has 0 N–H and O–H groups in total. The fourth-order valence-electron chi connectivity index (χ4n) is 2.71. The van der Waals surface area contributed by atoms with Crippen LogP contribution in [0.4, 0.5) is 0 Å². The number of rotatable bonds is 0. The summed E-state index contributed by atoms with van der Waals surface area (Å²) in [6, 6.07) is 5.43. The van der Waals surface area contributed by atoms with Gasteiger partial charge in [0.25, 0.3) is 0 Å². The largest absolute Gasteiger partial charge is 0.348 e. The van der Waals surface area contributed by atoms with Crippen molar-refractivity contribution in [2.24, 2.45) is 11.8 Å². The van der Waals surface area contributed by atoms with Crippen LogP contribution in [-0.4, -0.2) is 4.57 Å². The van der Waals surface area contributed by atoms with E-state index in [0.29, 0.717) is 0 Å². The summed E-state index contributed by atoms with van der Waals surface area (Å²) in [5, 5.41) is 0. The lowest BCUT2D eigenvalue weighted by Gasteiger charge is -1.93. The molecular weight excluding hydrogens is 110 g/mol. The predicted molar refractivity (Wildman–Crippen MR) is 33.2 cm³/mol. The minimum atomic E-state index is 0.972. The van der Waals surface area contributed by atoms with Crippen molar-refractivity contribution in [1.29, 1.82) is 0 Å². The fourth-order valence-corrected chi connectivity index (χ4v) is 2.71. The van der Waals surface area contributed by atoms with E-state index in [4.69, 9.17) is 0 Å². The lowest BCUT2D eigenvalue weighted by atomic mass is 10.2. The molecule has 1 heteroatoms. The van der Waals surface area contributed by atoms with Gasteiger partial charge in [-0.2, -0.15) is 0 Å². The standard InChI is InChI=1S/C8H7N/c1-2-4-5-6-7(5)8(6)9(4)3-1/h1-3,5-8H. The quantitative estimate of drug-likeness (QED) is 0.484. The zero-order chi connectivity index (χ0) is 5.59. The number of nitrogens with zero attached hydrogens (tertiary/aromatic N) is 1. The van der Waals surface area contributed by atoms with E-state index < -0.39 is 0 Å². The molecule has 2 aliphatic carbocycles. The van der Waals surface area contributed by atoms with E-state index in [2.05, 4.69) is 22.9 Å². The summed E-state index contributed by atoms with van der Waals surface area (Å²) in [6.45, 7) is 0. The molecule has 0 radical (unpaired) electrons. The molecule has 44 valence electrons. The second-order valence-corrected chi connectivity index (χ2v) is 3.51. The summed E-state index contributed by atoms with van der Waals surface area (Å²) in [5.41, 5.74) is 1.62. The molecule has 9 heavy (non-hydrogen) atoms. The maximum atomic E-state index is 2.47. The zero-order valence-electron chi connectivity index (χ0n) is 4.99. The molecule has 1 aromatic rings. The van der Waals surface area contributed by atoms with Crippen LogP contribution in [0.15, 0.2) is 18.3 Å². The van der Waals surface area contributed by atoms with E-state index in [1.54, 1.807) is 5.69 Å². The van der Waals surface area contributed by atoms with Crippen LogP contribution in [0.1, 0.15) is 17.7 Å².